The van der Waals surface area contributed by atoms with Crippen molar-refractivity contribution in [2.24, 2.45) is 5.92 Å². The Morgan fingerprint density at radius 2 is 2.15 bits per heavy atom. The molecule has 1 aromatic carbocycles. The smallest absolute Gasteiger partial charge is 0.231 e. The molecule has 1 N–H and O–H groups in total. The highest BCUT2D eigenvalue weighted by molar-refractivity contribution is 5.46. The second-order valence-corrected chi connectivity index (χ2v) is 5.22. The van der Waals surface area contributed by atoms with Crippen molar-refractivity contribution in [3.8, 4) is 17.2 Å². The Morgan fingerprint density at radius 1 is 1.20 bits per heavy atom. The van der Waals surface area contributed by atoms with Gasteiger partial charge in [-0.15, -0.1) is 0 Å². The normalized spacial score (nSPS) is 20.1. The van der Waals surface area contributed by atoms with Gasteiger partial charge in [0, 0.05) is 12.6 Å². The van der Waals surface area contributed by atoms with E-state index >= 15 is 0 Å². The van der Waals surface area contributed by atoms with E-state index in [2.05, 4.69) is 17.5 Å². The van der Waals surface area contributed by atoms with Crippen molar-refractivity contribution in [1.29, 1.82) is 0 Å². The molecular weight excluding hydrogens is 254 g/mol. The van der Waals surface area contributed by atoms with Gasteiger partial charge in [0.05, 0.1) is 0 Å². The average Bonchev–Trinajstić information content (AvgIpc) is 2.95. The zero-order chi connectivity index (χ0) is 13.6. The first-order valence-electron chi connectivity index (χ1n) is 7.30. The van der Waals surface area contributed by atoms with Crippen LogP contribution in [-0.4, -0.2) is 26.5 Å². The molecule has 0 bridgehead atoms. The van der Waals surface area contributed by atoms with Crippen molar-refractivity contribution in [1.82, 2.24) is 5.32 Å². The van der Waals surface area contributed by atoms with E-state index in [0.717, 1.165) is 36.3 Å². The third-order valence-corrected chi connectivity index (χ3v) is 3.70. The third-order valence-electron chi connectivity index (χ3n) is 3.70. The van der Waals surface area contributed by atoms with Crippen molar-refractivity contribution >= 4 is 0 Å². The van der Waals surface area contributed by atoms with Gasteiger partial charge in [-0.1, -0.05) is 12.2 Å². The van der Waals surface area contributed by atoms with E-state index in [1.165, 1.54) is 19.3 Å². The van der Waals surface area contributed by atoms with Crippen LogP contribution >= 0.6 is 0 Å². The Hall–Kier alpha value is -1.68. The number of fused-ring (bicyclic) bond motifs is 1. The molecule has 0 amide bonds. The van der Waals surface area contributed by atoms with Crippen LogP contribution in [0.15, 0.2) is 30.4 Å². The molecule has 0 saturated heterocycles. The summed E-state index contributed by atoms with van der Waals surface area (Å²) in [7, 11) is 0. The SMILES string of the molecule is C1=CCC(CNCCOc2ccc3c(c2)OCO3)CC1. The molecule has 4 heteroatoms. The summed E-state index contributed by atoms with van der Waals surface area (Å²) >= 11 is 0. The van der Waals surface area contributed by atoms with Crippen LogP contribution in [0.25, 0.3) is 0 Å². The molecule has 1 atom stereocenters. The van der Waals surface area contributed by atoms with Crippen LogP contribution in [0, 0.1) is 5.92 Å². The molecule has 1 heterocycles. The van der Waals surface area contributed by atoms with Gasteiger partial charge >= 0.3 is 0 Å². The number of rotatable bonds is 6. The molecule has 0 saturated carbocycles. The van der Waals surface area contributed by atoms with E-state index in [4.69, 9.17) is 14.2 Å². The van der Waals surface area contributed by atoms with Crippen LogP contribution in [0.5, 0.6) is 17.2 Å². The monoisotopic (exact) mass is 275 g/mol. The minimum Gasteiger partial charge on any atom is -0.492 e. The average molecular weight is 275 g/mol. The van der Waals surface area contributed by atoms with Gasteiger partial charge in [-0.05, 0) is 43.9 Å². The van der Waals surface area contributed by atoms with Gasteiger partial charge in [-0.25, -0.2) is 0 Å². The van der Waals surface area contributed by atoms with Crippen LogP contribution in [0.2, 0.25) is 0 Å². The lowest BCUT2D eigenvalue weighted by Crippen LogP contribution is -2.27. The van der Waals surface area contributed by atoms with Crippen LogP contribution in [0.3, 0.4) is 0 Å². The largest absolute Gasteiger partial charge is 0.492 e. The lowest BCUT2D eigenvalue weighted by molar-refractivity contribution is 0.173. The topological polar surface area (TPSA) is 39.7 Å². The van der Waals surface area contributed by atoms with Gasteiger partial charge in [0.2, 0.25) is 6.79 Å². The summed E-state index contributed by atoms with van der Waals surface area (Å²) in [4.78, 5) is 0. The maximum absolute atomic E-state index is 5.71. The molecule has 1 aliphatic carbocycles. The maximum atomic E-state index is 5.71. The highest BCUT2D eigenvalue weighted by Crippen LogP contribution is 2.34. The number of allylic oxidation sites excluding steroid dienone is 2. The standard InChI is InChI=1S/C16H21NO3/c1-2-4-13(5-3-1)11-17-8-9-18-14-6-7-15-16(10-14)20-12-19-15/h1-2,6-7,10,13,17H,3-5,8-9,11-12H2. The molecule has 0 spiro atoms. The summed E-state index contributed by atoms with van der Waals surface area (Å²) < 4.78 is 16.3. The molecule has 0 aromatic heterocycles. The van der Waals surface area contributed by atoms with Gasteiger partial charge < -0.3 is 19.5 Å². The maximum Gasteiger partial charge on any atom is 0.231 e. The summed E-state index contributed by atoms with van der Waals surface area (Å²) in [5, 5.41) is 3.46. The molecule has 1 aliphatic heterocycles. The lowest BCUT2D eigenvalue weighted by atomic mass is 9.94. The summed E-state index contributed by atoms with van der Waals surface area (Å²) in [6.07, 6.45) is 8.29. The van der Waals surface area contributed by atoms with Crippen molar-refractivity contribution in [3.63, 3.8) is 0 Å². The van der Waals surface area contributed by atoms with E-state index in [1.807, 2.05) is 18.2 Å². The molecule has 4 nitrogen and oxygen atoms in total. The summed E-state index contributed by atoms with van der Waals surface area (Å²) in [5.74, 6) is 3.17. The van der Waals surface area contributed by atoms with Crippen LogP contribution in [-0.2, 0) is 0 Å². The fourth-order valence-electron chi connectivity index (χ4n) is 2.56. The summed E-state index contributed by atoms with van der Waals surface area (Å²) in [5.41, 5.74) is 0. The predicted octanol–water partition coefficient (Wildman–Crippen LogP) is 2.74. The first-order valence-corrected chi connectivity index (χ1v) is 7.30. The van der Waals surface area contributed by atoms with Crippen LogP contribution < -0.4 is 19.5 Å². The summed E-state index contributed by atoms with van der Waals surface area (Å²) in [6.45, 7) is 2.92. The minimum absolute atomic E-state index is 0.302. The Kier molecular flexibility index (Phi) is 4.43. The molecule has 2 aliphatic rings. The van der Waals surface area contributed by atoms with E-state index < -0.39 is 0 Å². The van der Waals surface area contributed by atoms with Gasteiger partial charge in [-0.3, -0.25) is 0 Å². The van der Waals surface area contributed by atoms with Gasteiger partial charge in [0.1, 0.15) is 12.4 Å². The molecule has 0 fully saturated rings. The number of benzene rings is 1. The fraction of sp³-hybridized carbons (Fsp3) is 0.500. The molecular formula is C16H21NO3. The van der Waals surface area contributed by atoms with E-state index in [9.17, 15) is 0 Å². The molecule has 1 aromatic rings. The van der Waals surface area contributed by atoms with E-state index in [-0.39, 0.29) is 0 Å². The first-order chi connectivity index (χ1) is 9.92. The number of hydrogen-bond donors (Lipinski definition) is 1. The van der Waals surface area contributed by atoms with Crippen molar-refractivity contribution in [2.75, 3.05) is 26.5 Å². The van der Waals surface area contributed by atoms with Gasteiger partial charge in [0.25, 0.3) is 0 Å². The molecule has 20 heavy (non-hydrogen) atoms. The van der Waals surface area contributed by atoms with Crippen molar-refractivity contribution in [3.05, 3.63) is 30.4 Å². The second kappa shape index (κ2) is 6.66. The fourth-order valence-corrected chi connectivity index (χ4v) is 2.56. The van der Waals surface area contributed by atoms with E-state index in [1.54, 1.807) is 0 Å². The zero-order valence-corrected chi connectivity index (χ0v) is 11.6. The number of hydrogen-bond acceptors (Lipinski definition) is 4. The predicted molar refractivity (Wildman–Crippen MR) is 77.4 cm³/mol. The first kappa shape index (κ1) is 13.3. The molecule has 0 radical (unpaired) electrons. The highest BCUT2D eigenvalue weighted by atomic mass is 16.7. The van der Waals surface area contributed by atoms with Crippen molar-refractivity contribution < 1.29 is 14.2 Å². The Bertz CT molecular complexity index is 473. The zero-order valence-electron chi connectivity index (χ0n) is 11.6. The third kappa shape index (κ3) is 3.45. The Morgan fingerprint density at radius 3 is 3.05 bits per heavy atom. The minimum atomic E-state index is 0.302. The Balaban J connectivity index is 1.34. The highest BCUT2D eigenvalue weighted by Gasteiger charge is 2.13. The van der Waals surface area contributed by atoms with Gasteiger partial charge in [-0.2, -0.15) is 0 Å². The van der Waals surface area contributed by atoms with E-state index in [0.29, 0.717) is 13.4 Å². The summed E-state index contributed by atoms with van der Waals surface area (Å²) in [6, 6.07) is 5.69. The van der Waals surface area contributed by atoms with Crippen LogP contribution in [0.1, 0.15) is 19.3 Å². The number of nitrogens with one attached hydrogen (secondary N) is 1. The van der Waals surface area contributed by atoms with Gasteiger partial charge in [0.15, 0.2) is 11.5 Å². The quantitative estimate of drug-likeness (QED) is 0.640. The Labute approximate surface area is 119 Å². The molecule has 1 unspecified atom stereocenters. The molecule has 108 valence electrons. The lowest BCUT2D eigenvalue weighted by Gasteiger charge is -2.18. The number of ether oxygens (including phenoxy) is 3. The second-order valence-electron chi connectivity index (χ2n) is 5.22. The van der Waals surface area contributed by atoms with Crippen molar-refractivity contribution in [2.45, 2.75) is 19.3 Å². The molecule has 3 rings (SSSR count). The van der Waals surface area contributed by atoms with Crippen LogP contribution in [0.4, 0.5) is 0 Å².